The average molecular weight is 180 g/mol. The van der Waals surface area contributed by atoms with Gasteiger partial charge in [0.1, 0.15) is 6.04 Å². The van der Waals surface area contributed by atoms with Gasteiger partial charge in [0.05, 0.1) is 18.3 Å². The van der Waals surface area contributed by atoms with Gasteiger partial charge in [0.2, 0.25) is 0 Å². The van der Waals surface area contributed by atoms with Crippen LogP contribution in [0.25, 0.3) is 0 Å². The molecule has 0 spiro atoms. The fourth-order valence-electron chi connectivity index (χ4n) is 1.55. The largest absolute Gasteiger partial charge is 0.373 e. The van der Waals surface area contributed by atoms with Crippen molar-refractivity contribution in [2.45, 2.75) is 38.0 Å². The van der Waals surface area contributed by atoms with E-state index in [0.717, 1.165) is 12.8 Å². The molecule has 0 saturated carbocycles. The van der Waals surface area contributed by atoms with Crippen LogP contribution in [0.1, 0.15) is 19.8 Å². The molecule has 0 aliphatic carbocycles. The summed E-state index contributed by atoms with van der Waals surface area (Å²) in [6.45, 7) is 6.30. The summed E-state index contributed by atoms with van der Waals surface area (Å²) in [6, 6.07) is 2.02. The molecule has 0 aromatic carbocycles. The van der Waals surface area contributed by atoms with E-state index in [1.807, 2.05) is 6.92 Å². The van der Waals surface area contributed by atoms with Crippen LogP contribution in [0.4, 0.5) is 0 Å². The molecule has 3 heteroatoms. The molecule has 0 aromatic rings. The normalized spacial score (nSPS) is 29.5. The van der Waals surface area contributed by atoms with Gasteiger partial charge in [-0.2, -0.15) is 5.26 Å². The molecule has 1 fully saturated rings. The van der Waals surface area contributed by atoms with E-state index in [9.17, 15) is 0 Å². The van der Waals surface area contributed by atoms with Crippen LogP contribution in [0.3, 0.4) is 0 Å². The maximum atomic E-state index is 8.87. The SMILES string of the molecule is C=CCNC(C#N)C1CCC(C)O1. The Labute approximate surface area is 79.4 Å². The van der Waals surface area contributed by atoms with Crippen LogP contribution in [0.2, 0.25) is 0 Å². The Hall–Kier alpha value is -0.850. The van der Waals surface area contributed by atoms with Gasteiger partial charge < -0.3 is 4.74 Å². The molecule has 13 heavy (non-hydrogen) atoms. The highest BCUT2D eigenvalue weighted by Gasteiger charge is 2.28. The summed E-state index contributed by atoms with van der Waals surface area (Å²) < 4.78 is 5.59. The lowest BCUT2D eigenvalue weighted by Crippen LogP contribution is -2.38. The Morgan fingerprint density at radius 2 is 2.54 bits per heavy atom. The van der Waals surface area contributed by atoms with Crippen LogP contribution in [-0.4, -0.2) is 24.8 Å². The smallest absolute Gasteiger partial charge is 0.122 e. The van der Waals surface area contributed by atoms with Crippen molar-refractivity contribution in [1.82, 2.24) is 5.32 Å². The van der Waals surface area contributed by atoms with Crippen molar-refractivity contribution in [3.8, 4) is 6.07 Å². The van der Waals surface area contributed by atoms with Crippen LogP contribution in [0.5, 0.6) is 0 Å². The van der Waals surface area contributed by atoms with Gasteiger partial charge in [0.15, 0.2) is 0 Å². The zero-order valence-electron chi connectivity index (χ0n) is 7.99. The first-order valence-corrected chi connectivity index (χ1v) is 4.67. The number of ether oxygens (including phenoxy) is 1. The van der Waals surface area contributed by atoms with Crippen LogP contribution in [-0.2, 0) is 4.74 Å². The molecule has 1 aliphatic heterocycles. The molecule has 1 heterocycles. The van der Waals surface area contributed by atoms with Gasteiger partial charge in [-0.15, -0.1) is 6.58 Å². The lowest BCUT2D eigenvalue weighted by atomic mass is 10.1. The Balaban J connectivity index is 2.38. The molecule has 3 unspecified atom stereocenters. The van der Waals surface area contributed by atoms with E-state index in [1.165, 1.54) is 0 Å². The van der Waals surface area contributed by atoms with Crippen LogP contribution in [0.15, 0.2) is 12.7 Å². The summed E-state index contributed by atoms with van der Waals surface area (Å²) >= 11 is 0. The van der Waals surface area contributed by atoms with Crippen molar-refractivity contribution in [1.29, 1.82) is 5.26 Å². The highest BCUT2D eigenvalue weighted by atomic mass is 16.5. The summed E-state index contributed by atoms with van der Waals surface area (Å²) in [5, 5.41) is 11.9. The molecule has 1 aliphatic rings. The van der Waals surface area contributed by atoms with E-state index in [2.05, 4.69) is 18.0 Å². The molecule has 1 saturated heterocycles. The van der Waals surface area contributed by atoms with Crippen molar-refractivity contribution < 1.29 is 4.74 Å². The second kappa shape index (κ2) is 5.00. The third kappa shape index (κ3) is 2.83. The Bertz CT molecular complexity index is 209. The number of nitriles is 1. The minimum absolute atomic E-state index is 0.0555. The molecular formula is C10H16N2O. The Kier molecular flexibility index (Phi) is 3.94. The van der Waals surface area contributed by atoms with E-state index in [4.69, 9.17) is 10.00 Å². The van der Waals surface area contributed by atoms with E-state index in [1.54, 1.807) is 6.08 Å². The fraction of sp³-hybridized carbons (Fsp3) is 0.700. The van der Waals surface area contributed by atoms with E-state index in [0.29, 0.717) is 12.6 Å². The van der Waals surface area contributed by atoms with E-state index in [-0.39, 0.29) is 12.1 Å². The Morgan fingerprint density at radius 3 is 3.00 bits per heavy atom. The monoisotopic (exact) mass is 180 g/mol. The molecule has 1 N–H and O–H groups in total. The van der Waals surface area contributed by atoms with Gasteiger partial charge in [-0.25, -0.2) is 0 Å². The molecule has 0 radical (unpaired) electrons. The van der Waals surface area contributed by atoms with Crippen molar-refractivity contribution in [2.24, 2.45) is 0 Å². The quantitative estimate of drug-likeness (QED) is 0.662. The van der Waals surface area contributed by atoms with Crippen molar-refractivity contribution >= 4 is 0 Å². The maximum Gasteiger partial charge on any atom is 0.122 e. The fourth-order valence-corrected chi connectivity index (χ4v) is 1.55. The summed E-state index contributed by atoms with van der Waals surface area (Å²) in [7, 11) is 0. The van der Waals surface area contributed by atoms with Crippen molar-refractivity contribution in [3.05, 3.63) is 12.7 Å². The first-order valence-electron chi connectivity index (χ1n) is 4.67. The summed E-state index contributed by atoms with van der Waals surface area (Å²) in [5.41, 5.74) is 0. The maximum absolute atomic E-state index is 8.87. The van der Waals surface area contributed by atoms with Gasteiger partial charge in [-0.05, 0) is 19.8 Å². The highest BCUT2D eigenvalue weighted by Crippen LogP contribution is 2.21. The van der Waals surface area contributed by atoms with Crippen molar-refractivity contribution in [2.75, 3.05) is 6.54 Å². The predicted molar refractivity (Wildman–Crippen MR) is 51.2 cm³/mol. The first kappa shape index (κ1) is 10.2. The Morgan fingerprint density at radius 1 is 1.77 bits per heavy atom. The van der Waals surface area contributed by atoms with Gasteiger partial charge >= 0.3 is 0 Å². The number of nitrogens with zero attached hydrogens (tertiary/aromatic N) is 1. The third-order valence-corrected chi connectivity index (χ3v) is 2.26. The predicted octanol–water partition coefficient (Wildman–Crippen LogP) is 1.22. The second-order valence-corrected chi connectivity index (χ2v) is 3.37. The van der Waals surface area contributed by atoms with Gasteiger partial charge in [-0.3, -0.25) is 5.32 Å². The minimum atomic E-state index is -0.192. The number of rotatable bonds is 4. The number of nitrogens with one attached hydrogen (secondary N) is 1. The molecule has 3 atom stereocenters. The standard InChI is InChI=1S/C10H16N2O/c1-3-6-12-9(7-11)10-5-4-8(2)13-10/h3,8-10,12H,1,4-6H2,2H3. The second-order valence-electron chi connectivity index (χ2n) is 3.37. The van der Waals surface area contributed by atoms with Crippen LogP contribution < -0.4 is 5.32 Å². The van der Waals surface area contributed by atoms with Crippen LogP contribution in [0, 0.1) is 11.3 Å². The average Bonchev–Trinajstić information content (AvgIpc) is 2.54. The van der Waals surface area contributed by atoms with Gasteiger partial charge in [-0.1, -0.05) is 6.08 Å². The van der Waals surface area contributed by atoms with Gasteiger partial charge in [0.25, 0.3) is 0 Å². The third-order valence-electron chi connectivity index (χ3n) is 2.26. The molecule has 3 nitrogen and oxygen atoms in total. The van der Waals surface area contributed by atoms with Gasteiger partial charge in [0, 0.05) is 6.54 Å². The summed E-state index contributed by atoms with van der Waals surface area (Å²) in [4.78, 5) is 0. The highest BCUT2D eigenvalue weighted by molar-refractivity contribution is 4.99. The van der Waals surface area contributed by atoms with Crippen LogP contribution >= 0.6 is 0 Å². The molecule has 72 valence electrons. The molecule has 1 rings (SSSR count). The van der Waals surface area contributed by atoms with E-state index >= 15 is 0 Å². The first-order chi connectivity index (χ1) is 6.27. The lowest BCUT2D eigenvalue weighted by Gasteiger charge is -2.17. The molecule has 0 bridgehead atoms. The van der Waals surface area contributed by atoms with E-state index < -0.39 is 0 Å². The topological polar surface area (TPSA) is 45.0 Å². The number of hydrogen-bond donors (Lipinski definition) is 1. The summed E-state index contributed by atoms with van der Waals surface area (Å²) in [6.07, 6.45) is 4.14. The molecule has 0 aromatic heterocycles. The number of hydrogen-bond acceptors (Lipinski definition) is 3. The van der Waals surface area contributed by atoms with Crippen molar-refractivity contribution in [3.63, 3.8) is 0 Å². The minimum Gasteiger partial charge on any atom is -0.373 e. The molecule has 0 amide bonds. The zero-order chi connectivity index (χ0) is 9.68. The lowest BCUT2D eigenvalue weighted by molar-refractivity contribution is 0.0439. The zero-order valence-corrected chi connectivity index (χ0v) is 7.99. The summed E-state index contributed by atoms with van der Waals surface area (Å²) in [5.74, 6) is 0. The molecular weight excluding hydrogens is 164 g/mol.